The Hall–Kier alpha value is -10.5. The van der Waals surface area contributed by atoms with Crippen LogP contribution >= 0.6 is 0 Å². The Morgan fingerprint density at radius 1 is 0.388 bits per heavy atom. The molecule has 0 bridgehead atoms. The number of pyridine rings is 1. The van der Waals surface area contributed by atoms with Crippen molar-refractivity contribution in [1.29, 1.82) is 0 Å². The van der Waals surface area contributed by atoms with Gasteiger partial charge in [0.15, 0.2) is 0 Å². The second-order valence-electron chi connectivity index (χ2n) is 29.3. The molecule has 0 fully saturated rings. The van der Waals surface area contributed by atoms with E-state index in [1.165, 1.54) is 67.0 Å². The molecular weight excluding hydrogens is 1370 g/mol. The van der Waals surface area contributed by atoms with E-state index in [2.05, 4.69) is 361 Å². The molecule has 1 aliphatic carbocycles. The van der Waals surface area contributed by atoms with E-state index in [1.54, 1.807) is 0 Å². The molecule has 98 heavy (non-hydrogen) atoms. The third kappa shape index (κ3) is 10.2. The van der Waals surface area contributed by atoms with Gasteiger partial charge in [0.2, 0.25) is 0 Å². The van der Waals surface area contributed by atoms with Crippen molar-refractivity contribution in [3.05, 3.63) is 337 Å². The number of anilines is 7. The fourth-order valence-corrected chi connectivity index (χ4v) is 15.3. The molecule has 0 saturated carbocycles. The van der Waals surface area contributed by atoms with Crippen molar-refractivity contribution in [3.63, 3.8) is 0 Å². The number of rotatable bonds is 9. The third-order valence-electron chi connectivity index (χ3n) is 20.2. The first-order chi connectivity index (χ1) is 47.0. The van der Waals surface area contributed by atoms with E-state index in [1.807, 2.05) is 18.3 Å². The average molecular weight is 1450 g/mol. The molecule has 4 heterocycles. The van der Waals surface area contributed by atoms with Gasteiger partial charge in [-0.25, -0.2) is 4.98 Å². The quantitative estimate of drug-likeness (QED) is 0.135. The van der Waals surface area contributed by atoms with Crippen molar-refractivity contribution >= 4 is 61.6 Å². The Balaban J connectivity index is 0.00000751. The van der Waals surface area contributed by atoms with Gasteiger partial charge in [-0.1, -0.05) is 250 Å². The monoisotopic (exact) mass is 1450 g/mol. The molecule has 17 rings (SSSR count). The van der Waals surface area contributed by atoms with Crippen LogP contribution in [0.15, 0.2) is 279 Å². The minimum atomic E-state index is -0.586. The molecule has 0 amide bonds. The average Bonchev–Trinajstić information content (AvgIpc) is 1.45. The molecule has 6 nitrogen and oxygen atoms in total. The number of aromatic nitrogens is 2. The van der Waals surface area contributed by atoms with E-state index in [4.69, 9.17) is 9.72 Å². The van der Waals surface area contributed by atoms with Crippen molar-refractivity contribution in [2.75, 3.05) is 14.7 Å². The summed E-state index contributed by atoms with van der Waals surface area (Å²) in [4.78, 5) is 12.2. The molecule has 0 unspecified atom stereocenters. The molecule has 0 atom stereocenters. The number of fused-ring (bicyclic) bond motifs is 13. The summed E-state index contributed by atoms with van der Waals surface area (Å²) in [6.45, 7) is 22.9. The van der Waals surface area contributed by atoms with E-state index < -0.39 is 5.41 Å². The zero-order valence-corrected chi connectivity index (χ0v) is 58.9. The van der Waals surface area contributed by atoms with Gasteiger partial charge >= 0.3 is 0 Å². The summed E-state index contributed by atoms with van der Waals surface area (Å²) in [5.41, 5.74) is 26.9. The van der Waals surface area contributed by atoms with Crippen LogP contribution in [0.2, 0.25) is 0 Å². The van der Waals surface area contributed by atoms with Gasteiger partial charge in [0, 0.05) is 83.7 Å². The number of benzene rings is 12. The summed E-state index contributed by atoms with van der Waals surface area (Å²) < 4.78 is 9.07. The molecule has 2 aromatic heterocycles. The maximum absolute atomic E-state index is 6.88. The third-order valence-corrected chi connectivity index (χ3v) is 20.2. The van der Waals surface area contributed by atoms with Crippen molar-refractivity contribution in [1.82, 2.24) is 9.55 Å². The van der Waals surface area contributed by atoms with Crippen LogP contribution in [0.1, 0.15) is 101 Å². The molecule has 7 heteroatoms. The number of hydrogen-bond donors (Lipinski definition) is 0. The smallest absolute Gasteiger partial charge is 0.135 e. The van der Waals surface area contributed by atoms with Crippen LogP contribution in [0.25, 0.3) is 72.1 Å². The fourth-order valence-electron chi connectivity index (χ4n) is 15.3. The second-order valence-corrected chi connectivity index (χ2v) is 29.3. The maximum Gasteiger partial charge on any atom is 0.135 e. The van der Waals surface area contributed by atoms with E-state index in [0.717, 1.165) is 83.9 Å². The van der Waals surface area contributed by atoms with Gasteiger partial charge in [-0.3, -0.25) is 0 Å². The van der Waals surface area contributed by atoms with Crippen molar-refractivity contribution in [2.45, 2.75) is 84.0 Å². The standard InChI is InChI=1S/C91H74N5O.Pt/c1-88(2,3)63-45-41-59(42-46-63)61-44-50-86(92-57-61)96-80-36-18-14-30-73(80)74-48-47-69(56-85(74)96)97-68-28-23-27-67(55-68)93-58-94(84-40-22-21-39-83(84)93)87-70(31-24-32-71(87)62-51-64(89(4,5)6)54-65(52-62)90(7,8)9)60-43-49-77-75(53-60)72-29-13-15-33-76(72)91(77)78-34-16-19-37-81(78)95(66-25-11-10-12-26-66)82-38-20-17-35-79(82)91;/h10-54,57-58H,1-9H3;/q-3;. The Labute approximate surface area is 590 Å². The minimum Gasteiger partial charge on any atom is -0.509 e. The molecule has 1 spiro atoms. The van der Waals surface area contributed by atoms with E-state index in [9.17, 15) is 0 Å². The topological polar surface area (TPSA) is 36.8 Å². The molecule has 0 radical (unpaired) electrons. The summed E-state index contributed by atoms with van der Waals surface area (Å²) in [5.74, 6) is 1.95. The molecule has 14 aromatic rings. The number of hydrogen-bond acceptors (Lipinski definition) is 5. The fraction of sp³-hybridized carbons (Fsp3) is 0.143. The van der Waals surface area contributed by atoms with E-state index >= 15 is 0 Å². The first kappa shape index (κ1) is 62.3. The van der Waals surface area contributed by atoms with Gasteiger partial charge in [-0.15, -0.1) is 48.1 Å². The van der Waals surface area contributed by atoms with Gasteiger partial charge in [-0.2, -0.15) is 12.1 Å². The van der Waals surface area contributed by atoms with Crippen LogP contribution in [0.5, 0.6) is 11.5 Å². The van der Waals surface area contributed by atoms with E-state index in [-0.39, 0.29) is 37.3 Å². The predicted molar refractivity (Wildman–Crippen MR) is 402 cm³/mol. The summed E-state index contributed by atoms with van der Waals surface area (Å²) in [5, 5.41) is 2.19. The van der Waals surface area contributed by atoms with Crippen molar-refractivity contribution < 1.29 is 25.8 Å². The molecule has 0 saturated heterocycles. The Morgan fingerprint density at radius 2 is 0.939 bits per heavy atom. The Kier molecular flexibility index (Phi) is 15.0. The summed E-state index contributed by atoms with van der Waals surface area (Å²) in [7, 11) is 0. The minimum absolute atomic E-state index is 0. The zero-order chi connectivity index (χ0) is 66.1. The van der Waals surface area contributed by atoms with Crippen LogP contribution in [-0.2, 0) is 42.7 Å². The van der Waals surface area contributed by atoms with Gasteiger partial charge in [0.25, 0.3) is 0 Å². The zero-order valence-electron chi connectivity index (χ0n) is 56.6. The second kappa shape index (κ2) is 23.6. The molecule has 2 aliphatic heterocycles. The first-order valence-corrected chi connectivity index (χ1v) is 33.8. The molecule has 12 aromatic carbocycles. The molecule has 3 aliphatic rings. The SMILES string of the molecule is CC(C)(C)c1ccc(-c2ccc(-n3c4[c-]c(Oc5[c-]c(N6[CH-]N(c7c(-c8cc(C(C)(C)C)cc(C(C)(C)C)c8)cccc7-c7ccc8c(c7)-c7ccccc7C87c8ccccc8N(c8ccccc8)c8ccccc87)c7ccccc76)ccc5)ccc4c4ccccc43)nc2)cc1.[Pt]. The summed E-state index contributed by atoms with van der Waals surface area (Å²) in [6, 6.07) is 108. The van der Waals surface area contributed by atoms with Crippen LogP contribution in [0.4, 0.5) is 39.8 Å². The van der Waals surface area contributed by atoms with Gasteiger partial charge in [0.05, 0.1) is 16.8 Å². The normalized spacial score (nSPS) is 13.7. The van der Waals surface area contributed by atoms with Gasteiger partial charge in [-0.05, 0) is 149 Å². The number of para-hydroxylation sites is 7. The summed E-state index contributed by atoms with van der Waals surface area (Å²) in [6.07, 6.45) is 1.97. The van der Waals surface area contributed by atoms with Gasteiger partial charge in [0.1, 0.15) is 5.82 Å². The first-order valence-electron chi connectivity index (χ1n) is 33.8. The molecule has 0 N–H and O–H groups in total. The largest absolute Gasteiger partial charge is 0.509 e. The van der Waals surface area contributed by atoms with Gasteiger partial charge < -0.3 is 24.0 Å². The van der Waals surface area contributed by atoms with Crippen LogP contribution in [0, 0.1) is 18.8 Å². The van der Waals surface area contributed by atoms with Crippen LogP contribution in [-0.4, -0.2) is 9.55 Å². The maximum atomic E-state index is 6.88. The van der Waals surface area contributed by atoms with Crippen LogP contribution < -0.4 is 19.4 Å². The Morgan fingerprint density at radius 3 is 1.61 bits per heavy atom. The molecular formula is C91H74N5OPt-3. The summed E-state index contributed by atoms with van der Waals surface area (Å²) >= 11 is 0. The van der Waals surface area contributed by atoms with Crippen molar-refractivity contribution in [2.24, 2.45) is 0 Å². The van der Waals surface area contributed by atoms with Crippen molar-refractivity contribution in [3.8, 4) is 61.8 Å². The van der Waals surface area contributed by atoms with E-state index in [0.29, 0.717) is 11.5 Å². The predicted octanol–water partition coefficient (Wildman–Crippen LogP) is 24.0. The number of ether oxygens (including phenoxy) is 1. The van der Waals surface area contributed by atoms with Crippen LogP contribution in [0.3, 0.4) is 0 Å². The Bertz CT molecular complexity index is 5350. The number of nitrogens with zero attached hydrogens (tertiary/aromatic N) is 5. The molecule has 482 valence electrons.